The highest BCUT2D eigenvalue weighted by atomic mass is 35.5. The minimum Gasteiger partial charge on any atom is -0.506 e. The fourth-order valence-corrected chi connectivity index (χ4v) is 6.68. The normalized spacial score (nSPS) is 14.6. The molecule has 13 heteroatoms. The van der Waals surface area contributed by atoms with E-state index in [0.29, 0.717) is 10.9 Å². The highest BCUT2D eigenvalue weighted by Gasteiger charge is 2.43. The quantitative estimate of drug-likeness (QED) is 0.130. The van der Waals surface area contributed by atoms with Gasteiger partial charge < -0.3 is 5.11 Å². The zero-order valence-electron chi connectivity index (χ0n) is 19.6. The highest BCUT2D eigenvalue weighted by molar-refractivity contribution is 6.57. The van der Waals surface area contributed by atoms with Crippen molar-refractivity contribution in [1.29, 1.82) is 0 Å². The molecule has 2 amide bonds. The maximum atomic E-state index is 13.5. The second-order valence-corrected chi connectivity index (χ2v) is 11.5. The molecule has 6 rings (SSSR count). The van der Waals surface area contributed by atoms with E-state index >= 15 is 0 Å². The fraction of sp³-hybridized carbons (Fsp3) is 0.0370. The first-order chi connectivity index (χ1) is 18.9. The van der Waals surface area contributed by atoms with Crippen LogP contribution < -0.4 is 4.90 Å². The third-order valence-electron chi connectivity index (χ3n) is 6.76. The predicted octanol–water partition coefficient (Wildman–Crippen LogP) is 9.54. The van der Waals surface area contributed by atoms with Crippen molar-refractivity contribution in [3.63, 3.8) is 0 Å². The van der Waals surface area contributed by atoms with E-state index in [9.17, 15) is 19.5 Å². The number of rotatable bonds is 2. The third kappa shape index (κ3) is 3.58. The van der Waals surface area contributed by atoms with Crippen LogP contribution >= 0.6 is 81.2 Å². The number of aliphatic hydroxyl groups excluding tert-OH is 1. The lowest BCUT2D eigenvalue weighted by molar-refractivity contribution is 0.0925. The summed E-state index contributed by atoms with van der Waals surface area (Å²) in [5.41, 5.74) is 0.0879. The Morgan fingerprint density at radius 3 is 1.85 bits per heavy atom. The number of para-hydroxylation sites is 1. The van der Waals surface area contributed by atoms with Crippen LogP contribution in [0.5, 0.6) is 0 Å². The lowest BCUT2D eigenvalue weighted by atomic mass is 10.0. The number of fused-ring (bicyclic) bond motifs is 3. The Bertz CT molecular complexity index is 1920. The molecule has 0 spiro atoms. The van der Waals surface area contributed by atoms with E-state index < -0.39 is 23.4 Å². The summed E-state index contributed by atoms with van der Waals surface area (Å²) < 4.78 is 0. The van der Waals surface area contributed by atoms with Crippen LogP contribution in [0.2, 0.25) is 35.2 Å². The zero-order valence-corrected chi connectivity index (χ0v) is 24.9. The predicted molar refractivity (Wildman–Crippen MR) is 159 cm³/mol. The SMILES string of the molecule is Cc1c(Cl)c(Cl)c2c(c1Cl)C(O)=C(c1ccc3cccc(N4C(=O)c5c(Cl)c(Cl)c(Cl)c(Cl)c5C4=O)c3n1)C2=O. The average molecular weight is 674 g/mol. The number of imide groups is 1. The van der Waals surface area contributed by atoms with Crippen molar-refractivity contribution in [2.45, 2.75) is 6.92 Å². The number of aliphatic hydroxyl groups is 1. The number of carbonyl (C=O) groups is 3. The van der Waals surface area contributed by atoms with Crippen molar-refractivity contribution in [2.75, 3.05) is 4.90 Å². The van der Waals surface area contributed by atoms with Gasteiger partial charge in [-0.1, -0.05) is 99.4 Å². The van der Waals surface area contributed by atoms with Crippen molar-refractivity contribution < 1.29 is 19.5 Å². The molecule has 0 fully saturated rings. The average Bonchev–Trinajstić information content (AvgIpc) is 3.35. The summed E-state index contributed by atoms with van der Waals surface area (Å²) in [7, 11) is 0. The molecule has 0 saturated carbocycles. The van der Waals surface area contributed by atoms with Gasteiger partial charge in [0.25, 0.3) is 11.8 Å². The Morgan fingerprint density at radius 1 is 0.675 bits per heavy atom. The monoisotopic (exact) mass is 670 g/mol. The number of nitrogens with zero attached hydrogens (tertiary/aromatic N) is 2. The molecule has 4 aromatic rings. The molecule has 2 aliphatic rings. The Kier molecular flexibility index (Phi) is 6.56. The Labute approximate surface area is 260 Å². The van der Waals surface area contributed by atoms with E-state index in [1.54, 1.807) is 25.1 Å². The van der Waals surface area contributed by atoms with Gasteiger partial charge in [-0.2, -0.15) is 0 Å². The highest BCUT2D eigenvalue weighted by Crippen LogP contribution is 2.49. The molecule has 1 aliphatic carbocycles. The molecule has 0 radical (unpaired) electrons. The molecule has 1 aliphatic heterocycles. The largest absolute Gasteiger partial charge is 0.506 e. The smallest absolute Gasteiger partial charge is 0.267 e. The van der Waals surface area contributed by atoms with E-state index in [-0.39, 0.29) is 79.9 Å². The molecule has 200 valence electrons. The lowest BCUT2D eigenvalue weighted by Gasteiger charge is -2.16. The molecular formula is C27H9Cl7N2O4. The summed E-state index contributed by atoms with van der Waals surface area (Å²) in [5, 5.41) is 11.0. The summed E-state index contributed by atoms with van der Waals surface area (Å²) in [4.78, 5) is 45.9. The van der Waals surface area contributed by atoms with E-state index in [0.717, 1.165) is 4.90 Å². The Balaban J connectivity index is 1.55. The van der Waals surface area contributed by atoms with Crippen LogP contribution in [0.4, 0.5) is 5.69 Å². The zero-order chi connectivity index (χ0) is 28.9. The number of hydrogen-bond acceptors (Lipinski definition) is 5. The molecule has 0 bridgehead atoms. The van der Waals surface area contributed by atoms with Crippen LogP contribution in [0.15, 0.2) is 30.3 Å². The summed E-state index contributed by atoms with van der Waals surface area (Å²) in [6.07, 6.45) is 0. The molecule has 0 atom stereocenters. The molecule has 1 N–H and O–H groups in total. The second-order valence-electron chi connectivity index (χ2n) is 8.87. The molecule has 1 aromatic heterocycles. The number of ketones is 1. The molecule has 3 aromatic carbocycles. The van der Waals surface area contributed by atoms with E-state index in [1.165, 1.54) is 12.1 Å². The standard InChI is InChI=1S/C27H9Cl7N2O4/c1-7-16(28)12-13(18(30)17(7)29)25(38)11(24(12)37)9-6-5-8-3-2-4-10(23(8)35-9)36-26(39)14-15(27(36)40)20(32)22(34)21(33)19(14)31/h2-6,37H,1H3. The van der Waals surface area contributed by atoms with Gasteiger partial charge in [-0.15, -0.1) is 0 Å². The number of Topliss-reactive ketones (excluding diaryl/α,β-unsaturated/α-hetero) is 1. The number of carbonyl (C=O) groups excluding carboxylic acids is 3. The molecule has 0 saturated heterocycles. The third-order valence-corrected chi connectivity index (χ3v) is 9.99. The van der Waals surface area contributed by atoms with Gasteiger partial charge in [0.2, 0.25) is 5.78 Å². The van der Waals surface area contributed by atoms with Crippen molar-refractivity contribution in [1.82, 2.24) is 4.98 Å². The lowest BCUT2D eigenvalue weighted by Crippen LogP contribution is -2.29. The van der Waals surface area contributed by atoms with Gasteiger partial charge in [-0.3, -0.25) is 14.4 Å². The van der Waals surface area contributed by atoms with Crippen LogP contribution in [0.3, 0.4) is 0 Å². The first kappa shape index (κ1) is 27.6. The van der Waals surface area contributed by atoms with Gasteiger partial charge in [0.1, 0.15) is 5.76 Å². The number of benzene rings is 3. The summed E-state index contributed by atoms with van der Waals surface area (Å²) in [5.74, 6) is -2.66. The van der Waals surface area contributed by atoms with Crippen molar-refractivity contribution in [3.05, 3.63) is 99.0 Å². The first-order valence-corrected chi connectivity index (χ1v) is 13.8. The number of pyridine rings is 1. The Hall–Kier alpha value is -2.55. The van der Waals surface area contributed by atoms with Crippen molar-refractivity contribution >= 4 is 127 Å². The van der Waals surface area contributed by atoms with E-state index in [2.05, 4.69) is 4.98 Å². The number of halogens is 7. The number of allylic oxidation sites excluding steroid dienone is 1. The molecule has 40 heavy (non-hydrogen) atoms. The van der Waals surface area contributed by atoms with Gasteiger partial charge in [0.05, 0.1) is 74.3 Å². The maximum absolute atomic E-state index is 13.5. The van der Waals surface area contributed by atoms with Gasteiger partial charge in [-0.25, -0.2) is 9.88 Å². The molecule has 6 nitrogen and oxygen atoms in total. The fourth-order valence-electron chi connectivity index (χ4n) is 4.83. The van der Waals surface area contributed by atoms with Crippen LogP contribution in [0.1, 0.15) is 47.9 Å². The number of amides is 2. The first-order valence-electron chi connectivity index (χ1n) is 11.2. The van der Waals surface area contributed by atoms with E-state index in [4.69, 9.17) is 81.2 Å². The summed E-state index contributed by atoms with van der Waals surface area (Å²) >= 11 is 43.9. The van der Waals surface area contributed by atoms with Crippen molar-refractivity contribution in [2.24, 2.45) is 0 Å². The molecule has 0 unspecified atom stereocenters. The van der Waals surface area contributed by atoms with Gasteiger partial charge in [-0.05, 0) is 24.6 Å². The van der Waals surface area contributed by atoms with Gasteiger partial charge in [0, 0.05) is 10.9 Å². The number of hydrogen-bond donors (Lipinski definition) is 1. The topological polar surface area (TPSA) is 87.6 Å². The second kappa shape index (κ2) is 9.50. The van der Waals surface area contributed by atoms with Crippen molar-refractivity contribution in [3.8, 4) is 0 Å². The maximum Gasteiger partial charge on any atom is 0.267 e. The van der Waals surface area contributed by atoms with Crippen LogP contribution in [-0.4, -0.2) is 27.7 Å². The molecular weight excluding hydrogens is 664 g/mol. The van der Waals surface area contributed by atoms with Gasteiger partial charge >= 0.3 is 0 Å². The summed E-state index contributed by atoms with van der Waals surface area (Å²) in [6.45, 7) is 1.61. The summed E-state index contributed by atoms with van der Waals surface area (Å²) in [6, 6.07) is 7.92. The molecule has 2 heterocycles. The van der Waals surface area contributed by atoms with Crippen LogP contribution in [0, 0.1) is 6.92 Å². The van der Waals surface area contributed by atoms with E-state index in [1.807, 2.05) is 0 Å². The Morgan fingerprint density at radius 2 is 1.25 bits per heavy atom. The van der Waals surface area contributed by atoms with Crippen LogP contribution in [0.25, 0.3) is 22.2 Å². The minimum absolute atomic E-state index is 0.0401. The minimum atomic E-state index is -0.791. The van der Waals surface area contributed by atoms with Crippen LogP contribution in [-0.2, 0) is 0 Å². The van der Waals surface area contributed by atoms with Gasteiger partial charge in [0.15, 0.2) is 0 Å². The number of anilines is 1. The number of aromatic nitrogens is 1.